The van der Waals surface area contributed by atoms with Crippen molar-refractivity contribution in [2.24, 2.45) is 11.7 Å². The van der Waals surface area contributed by atoms with Gasteiger partial charge in [-0.3, -0.25) is 9.69 Å². The third-order valence-electron chi connectivity index (χ3n) is 6.66. The number of rotatable bonds is 4. The Kier molecular flexibility index (Phi) is 8.44. The molecule has 2 atom stereocenters. The van der Waals surface area contributed by atoms with Gasteiger partial charge in [-0.05, 0) is 43.4 Å². The average Bonchev–Trinajstić information content (AvgIpc) is 3.02. The molecule has 1 aliphatic carbocycles. The highest BCUT2D eigenvalue weighted by Crippen LogP contribution is 2.33. The molecule has 2 N–H and O–H groups in total. The van der Waals surface area contributed by atoms with Gasteiger partial charge in [0.05, 0.1) is 7.11 Å². The minimum Gasteiger partial charge on any atom is -0.497 e. The van der Waals surface area contributed by atoms with Crippen LogP contribution in [0.5, 0.6) is 5.75 Å². The van der Waals surface area contributed by atoms with Gasteiger partial charge in [-0.1, -0.05) is 18.6 Å². The zero-order chi connectivity index (χ0) is 18.1. The van der Waals surface area contributed by atoms with Crippen LogP contribution in [0.2, 0.25) is 0 Å². The van der Waals surface area contributed by atoms with Crippen molar-refractivity contribution in [3.05, 3.63) is 29.8 Å². The molecule has 1 amide bonds. The monoisotopic (exact) mass is 429 g/mol. The fraction of sp³-hybridized carbons (Fsp3) is 0.667. The van der Waals surface area contributed by atoms with Gasteiger partial charge in [0.2, 0.25) is 5.91 Å². The number of hydrogen-bond donors (Lipinski definition) is 1. The predicted octanol–water partition coefficient (Wildman–Crippen LogP) is 3.06. The lowest BCUT2D eigenvalue weighted by Crippen LogP contribution is -2.48. The van der Waals surface area contributed by atoms with Gasteiger partial charge in [0, 0.05) is 50.1 Å². The first-order chi connectivity index (χ1) is 12.7. The Morgan fingerprint density at radius 1 is 1.11 bits per heavy atom. The molecule has 5 nitrogen and oxygen atoms in total. The summed E-state index contributed by atoms with van der Waals surface area (Å²) in [6, 6.07) is 9.04. The summed E-state index contributed by atoms with van der Waals surface area (Å²) in [6.07, 6.45) is 5.58. The summed E-state index contributed by atoms with van der Waals surface area (Å²) in [7, 11) is 1.71. The Morgan fingerprint density at radius 2 is 1.82 bits per heavy atom. The lowest BCUT2D eigenvalue weighted by Gasteiger charge is -2.39. The molecule has 1 aromatic carbocycles. The average molecular weight is 430 g/mol. The molecule has 4 rings (SSSR count). The van der Waals surface area contributed by atoms with Crippen molar-refractivity contribution in [2.45, 2.75) is 50.1 Å². The largest absolute Gasteiger partial charge is 0.497 e. The first-order valence-corrected chi connectivity index (χ1v) is 10.1. The molecule has 0 aromatic heterocycles. The van der Waals surface area contributed by atoms with Crippen LogP contribution >= 0.6 is 24.8 Å². The Balaban J connectivity index is 0.00000140. The second-order valence-corrected chi connectivity index (χ2v) is 8.19. The van der Waals surface area contributed by atoms with E-state index in [0.29, 0.717) is 23.8 Å². The number of methoxy groups -OCH3 is 1. The maximum Gasteiger partial charge on any atom is 0.225 e. The molecule has 158 valence electrons. The quantitative estimate of drug-likeness (QED) is 0.798. The van der Waals surface area contributed by atoms with Gasteiger partial charge in [-0.2, -0.15) is 0 Å². The zero-order valence-electron chi connectivity index (χ0n) is 16.6. The van der Waals surface area contributed by atoms with Gasteiger partial charge in [0.1, 0.15) is 5.75 Å². The van der Waals surface area contributed by atoms with E-state index >= 15 is 0 Å². The molecule has 0 radical (unpaired) electrons. The van der Waals surface area contributed by atoms with Gasteiger partial charge >= 0.3 is 0 Å². The first kappa shape index (κ1) is 23.3. The molecule has 0 spiro atoms. The fourth-order valence-corrected chi connectivity index (χ4v) is 4.75. The fourth-order valence-electron chi connectivity index (χ4n) is 4.75. The maximum atomic E-state index is 12.4. The van der Waals surface area contributed by atoms with E-state index in [1.54, 1.807) is 7.11 Å². The number of piperidine rings is 1. The van der Waals surface area contributed by atoms with Crippen molar-refractivity contribution in [3.63, 3.8) is 0 Å². The van der Waals surface area contributed by atoms with Crippen molar-refractivity contribution in [2.75, 3.05) is 33.3 Å². The van der Waals surface area contributed by atoms with Crippen molar-refractivity contribution >= 4 is 30.7 Å². The smallest absolute Gasteiger partial charge is 0.225 e. The van der Waals surface area contributed by atoms with Gasteiger partial charge in [-0.25, -0.2) is 0 Å². The van der Waals surface area contributed by atoms with Crippen LogP contribution in [0.1, 0.15) is 43.6 Å². The second kappa shape index (κ2) is 10.1. The Bertz CT molecular complexity index is 648. The van der Waals surface area contributed by atoms with E-state index in [1.807, 2.05) is 12.1 Å². The lowest BCUT2D eigenvalue weighted by molar-refractivity contribution is -0.139. The van der Waals surface area contributed by atoms with Crippen LogP contribution in [0.4, 0.5) is 0 Å². The number of carbonyl (C=O) groups is 1. The number of halogens is 2. The highest BCUT2D eigenvalue weighted by atomic mass is 35.5. The van der Waals surface area contributed by atoms with E-state index in [2.05, 4.69) is 21.9 Å². The van der Waals surface area contributed by atoms with Gasteiger partial charge in [0.15, 0.2) is 0 Å². The standard InChI is InChI=1S/C21H31N3O2.2ClH/c1-26-18-7-3-6-16(12-18)19-13-24(14-20(19)22)17-8-10-23(11-9-17)21(25)15-4-2-5-15;;/h3,6-7,12,15,17,19-20H,2,4-5,8-11,13-14,22H2,1H3;2*1H/t19-,20+;;/m1../s1. The molecule has 2 heterocycles. The summed E-state index contributed by atoms with van der Waals surface area (Å²) in [4.78, 5) is 17.1. The molecule has 2 aliphatic heterocycles. The highest BCUT2D eigenvalue weighted by molar-refractivity contribution is 5.85. The van der Waals surface area contributed by atoms with E-state index in [4.69, 9.17) is 10.5 Å². The van der Waals surface area contributed by atoms with E-state index in [0.717, 1.165) is 57.6 Å². The van der Waals surface area contributed by atoms with Crippen molar-refractivity contribution in [1.82, 2.24) is 9.80 Å². The van der Waals surface area contributed by atoms with Gasteiger partial charge < -0.3 is 15.4 Å². The zero-order valence-corrected chi connectivity index (χ0v) is 18.2. The Morgan fingerprint density at radius 3 is 2.43 bits per heavy atom. The van der Waals surface area contributed by atoms with Crippen molar-refractivity contribution in [1.29, 1.82) is 0 Å². The van der Waals surface area contributed by atoms with Crippen LogP contribution in [0, 0.1) is 5.92 Å². The molecule has 3 aliphatic rings. The normalized spacial score (nSPS) is 26.1. The number of hydrogen-bond acceptors (Lipinski definition) is 4. The number of carbonyl (C=O) groups excluding carboxylic acids is 1. The molecule has 28 heavy (non-hydrogen) atoms. The van der Waals surface area contributed by atoms with E-state index < -0.39 is 0 Å². The number of ether oxygens (including phenoxy) is 1. The lowest BCUT2D eigenvalue weighted by atomic mass is 9.84. The van der Waals surface area contributed by atoms with Crippen LogP contribution in [0.25, 0.3) is 0 Å². The summed E-state index contributed by atoms with van der Waals surface area (Å²) in [5.41, 5.74) is 7.77. The van der Waals surface area contributed by atoms with Crippen LogP contribution in [0.3, 0.4) is 0 Å². The van der Waals surface area contributed by atoms with Crippen LogP contribution in [0.15, 0.2) is 24.3 Å². The van der Waals surface area contributed by atoms with Crippen LogP contribution < -0.4 is 10.5 Å². The Labute approximate surface area is 180 Å². The summed E-state index contributed by atoms with van der Waals surface area (Å²) >= 11 is 0. The summed E-state index contributed by atoms with van der Waals surface area (Å²) in [5.74, 6) is 1.99. The summed E-state index contributed by atoms with van der Waals surface area (Å²) in [6.45, 7) is 3.78. The highest BCUT2D eigenvalue weighted by Gasteiger charge is 2.38. The maximum absolute atomic E-state index is 12.4. The van der Waals surface area contributed by atoms with Crippen molar-refractivity contribution in [3.8, 4) is 5.75 Å². The second-order valence-electron chi connectivity index (χ2n) is 8.19. The number of likely N-dealkylation sites (tertiary alicyclic amines) is 2. The van der Waals surface area contributed by atoms with E-state index in [9.17, 15) is 4.79 Å². The number of amides is 1. The predicted molar refractivity (Wildman–Crippen MR) is 117 cm³/mol. The number of benzene rings is 1. The minimum absolute atomic E-state index is 0. The molecular formula is C21H33Cl2N3O2. The van der Waals surface area contributed by atoms with E-state index in [-0.39, 0.29) is 30.9 Å². The van der Waals surface area contributed by atoms with Crippen molar-refractivity contribution < 1.29 is 9.53 Å². The summed E-state index contributed by atoms with van der Waals surface area (Å²) in [5, 5.41) is 0. The van der Waals surface area contributed by atoms with Gasteiger partial charge in [0.25, 0.3) is 0 Å². The van der Waals surface area contributed by atoms with Gasteiger partial charge in [-0.15, -0.1) is 24.8 Å². The topological polar surface area (TPSA) is 58.8 Å². The van der Waals surface area contributed by atoms with Crippen LogP contribution in [-0.4, -0.2) is 61.1 Å². The minimum atomic E-state index is 0. The molecule has 1 saturated carbocycles. The first-order valence-electron chi connectivity index (χ1n) is 10.1. The Hall–Kier alpha value is -1.01. The number of nitrogens with zero attached hydrogens (tertiary/aromatic N) is 2. The molecular weight excluding hydrogens is 397 g/mol. The molecule has 1 aromatic rings. The third-order valence-corrected chi connectivity index (χ3v) is 6.66. The summed E-state index contributed by atoms with van der Waals surface area (Å²) < 4.78 is 5.37. The third kappa shape index (κ3) is 4.76. The van der Waals surface area contributed by atoms with Crippen LogP contribution in [-0.2, 0) is 4.79 Å². The molecule has 7 heteroatoms. The van der Waals surface area contributed by atoms with E-state index in [1.165, 1.54) is 12.0 Å². The number of nitrogens with two attached hydrogens (primary N) is 1. The SMILES string of the molecule is COc1cccc([C@H]2CN(C3CCN(C(=O)C4CCC4)CC3)C[C@@H]2N)c1.Cl.Cl. The molecule has 2 saturated heterocycles. The molecule has 0 bridgehead atoms. The molecule has 3 fully saturated rings. The molecule has 0 unspecified atom stereocenters.